The predicted octanol–water partition coefficient (Wildman–Crippen LogP) is 6.60. The van der Waals surface area contributed by atoms with E-state index in [2.05, 4.69) is 10.2 Å². The molecule has 0 amide bonds. The number of phenols is 1. The van der Waals surface area contributed by atoms with Gasteiger partial charge in [0.15, 0.2) is 5.75 Å². The van der Waals surface area contributed by atoms with Crippen LogP contribution in [0.15, 0.2) is 53.8 Å². The van der Waals surface area contributed by atoms with Crippen LogP contribution in [0.1, 0.15) is 32.3 Å². The molecule has 0 fully saturated rings. The molecule has 0 radical (unpaired) electrons. The van der Waals surface area contributed by atoms with Crippen molar-refractivity contribution >= 4 is 64.0 Å². The molecule has 1 N–H and O–H groups in total. The highest BCUT2D eigenvalue weighted by atomic mass is 35.5. The number of aromatic hydroxyl groups is 1. The first-order valence-corrected chi connectivity index (χ1v) is 11.0. The second-order valence-corrected chi connectivity index (χ2v) is 8.45. The van der Waals surface area contributed by atoms with Gasteiger partial charge < -0.3 is 14.6 Å². The fourth-order valence-corrected chi connectivity index (χ4v) is 3.85. The molecule has 1 unspecified atom stereocenters. The maximum Gasteiger partial charge on any atom is 0.338 e. The zero-order chi connectivity index (χ0) is 24.8. The van der Waals surface area contributed by atoms with E-state index >= 15 is 0 Å². The molecular formula is C22H14Cl4N2O6. The van der Waals surface area contributed by atoms with E-state index in [0.29, 0.717) is 5.69 Å². The van der Waals surface area contributed by atoms with E-state index in [4.69, 9.17) is 55.9 Å². The van der Waals surface area contributed by atoms with Gasteiger partial charge in [0.05, 0.1) is 42.8 Å². The SMILES string of the molecule is O=Nc1c(Cl)cc(C(=O)OCC(COC(=O)c2cc(Cl)c(O)c(Cl)c2)c2ccccn2)cc1Cl. The minimum Gasteiger partial charge on any atom is -0.505 e. The number of carbonyl (C=O) groups excluding carboxylic acids is 2. The molecule has 1 atom stereocenters. The number of benzene rings is 2. The Morgan fingerprint density at radius 2 is 1.38 bits per heavy atom. The van der Waals surface area contributed by atoms with Crippen LogP contribution in [0, 0.1) is 4.91 Å². The number of nitroso groups, excluding NO2 is 1. The summed E-state index contributed by atoms with van der Waals surface area (Å²) in [6.45, 7) is -0.405. The quantitative estimate of drug-likeness (QED) is 0.251. The van der Waals surface area contributed by atoms with E-state index in [1.165, 1.54) is 30.5 Å². The molecule has 2 aromatic carbocycles. The monoisotopic (exact) mass is 542 g/mol. The van der Waals surface area contributed by atoms with E-state index in [9.17, 15) is 19.6 Å². The van der Waals surface area contributed by atoms with Gasteiger partial charge in [-0.1, -0.05) is 52.5 Å². The van der Waals surface area contributed by atoms with Crippen LogP contribution in [0.2, 0.25) is 20.1 Å². The van der Waals surface area contributed by atoms with Crippen molar-refractivity contribution in [1.82, 2.24) is 4.98 Å². The number of esters is 2. The van der Waals surface area contributed by atoms with Crippen LogP contribution in [0.4, 0.5) is 5.69 Å². The smallest absolute Gasteiger partial charge is 0.338 e. The molecule has 0 aliphatic rings. The lowest BCUT2D eigenvalue weighted by molar-refractivity contribution is 0.0344. The number of phenolic OH excluding ortho intramolecular Hbond substituents is 1. The van der Waals surface area contributed by atoms with Crippen molar-refractivity contribution < 1.29 is 24.2 Å². The Kier molecular flexibility index (Phi) is 8.68. The maximum atomic E-state index is 12.5. The Labute approximate surface area is 213 Å². The summed E-state index contributed by atoms with van der Waals surface area (Å²) in [7, 11) is 0. The fourth-order valence-electron chi connectivity index (χ4n) is 2.81. The van der Waals surface area contributed by atoms with Crippen LogP contribution in [0.25, 0.3) is 0 Å². The third-order valence-electron chi connectivity index (χ3n) is 4.53. The number of nitrogens with zero attached hydrogens (tertiary/aromatic N) is 2. The summed E-state index contributed by atoms with van der Waals surface area (Å²) in [5.74, 6) is -2.51. The van der Waals surface area contributed by atoms with E-state index in [0.717, 1.165) is 0 Å². The van der Waals surface area contributed by atoms with Gasteiger partial charge in [-0.3, -0.25) is 4.98 Å². The molecule has 12 heteroatoms. The second kappa shape index (κ2) is 11.5. The molecule has 1 aromatic heterocycles. The Morgan fingerprint density at radius 3 is 1.82 bits per heavy atom. The highest BCUT2D eigenvalue weighted by molar-refractivity contribution is 6.39. The minimum atomic E-state index is -0.773. The molecule has 0 aliphatic carbocycles. The van der Waals surface area contributed by atoms with E-state index < -0.39 is 17.9 Å². The lowest BCUT2D eigenvalue weighted by atomic mass is 10.1. The molecule has 0 spiro atoms. The summed E-state index contributed by atoms with van der Waals surface area (Å²) in [5, 5.41) is 11.9. The fraction of sp³-hybridized carbons (Fsp3) is 0.136. The van der Waals surface area contributed by atoms with Crippen molar-refractivity contribution in [2.45, 2.75) is 5.92 Å². The largest absolute Gasteiger partial charge is 0.505 e. The highest BCUT2D eigenvalue weighted by Gasteiger charge is 2.22. The Morgan fingerprint density at radius 1 is 0.882 bits per heavy atom. The minimum absolute atomic E-state index is 0.00698. The van der Waals surface area contributed by atoms with Crippen molar-refractivity contribution in [1.29, 1.82) is 0 Å². The van der Waals surface area contributed by atoms with Crippen LogP contribution in [0.5, 0.6) is 5.75 Å². The molecule has 0 saturated carbocycles. The third kappa shape index (κ3) is 6.15. The molecule has 0 bridgehead atoms. The van der Waals surface area contributed by atoms with Gasteiger partial charge in [-0.2, -0.15) is 0 Å². The first kappa shape index (κ1) is 25.7. The topological polar surface area (TPSA) is 115 Å². The van der Waals surface area contributed by atoms with Crippen molar-refractivity contribution in [3.05, 3.63) is 90.5 Å². The third-order valence-corrected chi connectivity index (χ3v) is 5.69. The number of hydrogen-bond acceptors (Lipinski definition) is 8. The summed E-state index contributed by atoms with van der Waals surface area (Å²) < 4.78 is 10.7. The zero-order valence-electron chi connectivity index (χ0n) is 17.0. The van der Waals surface area contributed by atoms with Crippen LogP contribution in [0.3, 0.4) is 0 Å². The van der Waals surface area contributed by atoms with Gasteiger partial charge in [0.2, 0.25) is 0 Å². The number of aromatic nitrogens is 1. The first-order valence-electron chi connectivity index (χ1n) is 9.46. The summed E-state index contributed by atoms with van der Waals surface area (Å²) in [4.78, 5) is 40.0. The standard InChI is InChI=1S/C22H14Cl4N2O6/c23-14-5-11(6-15(24)19(14)28-32)21(30)33-9-13(18-3-1-2-4-27-18)10-34-22(31)12-7-16(25)20(29)17(26)8-12/h1-8,13,29H,9-10H2. The molecule has 3 aromatic rings. The Balaban J connectivity index is 1.73. The maximum absolute atomic E-state index is 12.5. The number of hydrogen-bond donors (Lipinski definition) is 1. The average Bonchev–Trinajstić information content (AvgIpc) is 2.82. The van der Waals surface area contributed by atoms with Gasteiger partial charge in [0, 0.05) is 6.20 Å². The van der Waals surface area contributed by atoms with Crippen molar-refractivity contribution in [3.8, 4) is 5.75 Å². The van der Waals surface area contributed by atoms with E-state index in [1.54, 1.807) is 18.2 Å². The lowest BCUT2D eigenvalue weighted by Crippen LogP contribution is -2.20. The molecule has 3 rings (SSSR count). The van der Waals surface area contributed by atoms with Crippen molar-refractivity contribution in [2.75, 3.05) is 13.2 Å². The summed E-state index contributed by atoms with van der Waals surface area (Å²) in [5.41, 5.74) is 0.347. The van der Waals surface area contributed by atoms with Crippen molar-refractivity contribution in [2.24, 2.45) is 5.18 Å². The molecule has 176 valence electrons. The van der Waals surface area contributed by atoms with Gasteiger partial charge >= 0.3 is 11.9 Å². The number of pyridine rings is 1. The molecule has 34 heavy (non-hydrogen) atoms. The second-order valence-electron chi connectivity index (χ2n) is 6.82. The Bertz CT molecular complexity index is 1190. The van der Waals surface area contributed by atoms with Crippen LogP contribution < -0.4 is 0 Å². The number of ether oxygens (including phenoxy) is 2. The van der Waals surface area contributed by atoms with Crippen LogP contribution >= 0.6 is 46.4 Å². The predicted molar refractivity (Wildman–Crippen MR) is 128 cm³/mol. The average molecular weight is 544 g/mol. The number of halogens is 4. The zero-order valence-corrected chi connectivity index (χ0v) is 20.0. The van der Waals surface area contributed by atoms with Crippen LogP contribution in [-0.2, 0) is 9.47 Å². The molecule has 8 nitrogen and oxygen atoms in total. The van der Waals surface area contributed by atoms with E-state index in [-0.39, 0.29) is 55.9 Å². The summed E-state index contributed by atoms with van der Waals surface area (Å²) in [6.07, 6.45) is 1.54. The highest BCUT2D eigenvalue weighted by Crippen LogP contribution is 2.35. The van der Waals surface area contributed by atoms with Gasteiger partial charge in [0.25, 0.3) is 0 Å². The number of rotatable bonds is 8. The summed E-state index contributed by atoms with van der Waals surface area (Å²) >= 11 is 23.6. The molecular weight excluding hydrogens is 530 g/mol. The number of carbonyl (C=O) groups is 2. The molecule has 0 saturated heterocycles. The van der Waals surface area contributed by atoms with Gasteiger partial charge in [-0.15, -0.1) is 4.91 Å². The molecule has 1 heterocycles. The van der Waals surface area contributed by atoms with Gasteiger partial charge in [-0.05, 0) is 41.6 Å². The lowest BCUT2D eigenvalue weighted by Gasteiger charge is -2.17. The summed E-state index contributed by atoms with van der Waals surface area (Å²) in [6, 6.07) is 9.95. The van der Waals surface area contributed by atoms with Crippen molar-refractivity contribution in [3.63, 3.8) is 0 Å². The van der Waals surface area contributed by atoms with Gasteiger partial charge in [-0.25, -0.2) is 9.59 Å². The molecule has 0 aliphatic heterocycles. The Hall–Kier alpha value is -2.91. The van der Waals surface area contributed by atoms with Gasteiger partial charge in [0.1, 0.15) is 18.9 Å². The van der Waals surface area contributed by atoms with Crippen LogP contribution in [-0.4, -0.2) is 35.2 Å². The normalized spacial score (nSPS) is 11.5. The first-order chi connectivity index (χ1) is 16.2. The van der Waals surface area contributed by atoms with E-state index in [1.807, 2.05) is 0 Å².